The minimum absolute atomic E-state index is 0.673. The number of benzene rings is 1. The first kappa shape index (κ1) is 13.1. The molecule has 3 aromatic rings. The van der Waals surface area contributed by atoms with Crippen molar-refractivity contribution in [1.82, 2.24) is 9.38 Å². The monoisotopic (exact) mass is 290 g/mol. The lowest BCUT2D eigenvalue weighted by atomic mass is 10.1. The number of anilines is 1. The van der Waals surface area contributed by atoms with E-state index in [9.17, 15) is 5.26 Å². The molecule has 0 N–H and O–H groups in total. The van der Waals surface area contributed by atoms with Crippen LogP contribution in [0.4, 0.5) is 5.82 Å². The van der Waals surface area contributed by atoms with E-state index in [-0.39, 0.29) is 0 Å². The fourth-order valence-electron chi connectivity index (χ4n) is 3.45. The Kier molecular flexibility index (Phi) is 2.83. The van der Waals surface area contributed by atoms with Crippen molar-refractivity contribution in [2.45, 2.75) is 20.3 Å². The van der Waals surface area contributed by atoms with Gasteiger partial charge in [-0.2, -0.15) is 5.26 Å². The average molecular weight is 290 g/mol. The largest absolute Gasteiger partial charge is 0.357 e. The maximum Gasteiger partial charge on any atom is 0.157 e. The fraction of sp³-hybridized carbons (Fsp3) is 0.333. The smallest absolute Gasteiger partial charge is 0.157 e. The van der Waals surface area contributed by atoms with E-state index in [2.05, 4.69) is 34.4 Å². The van der Waals surface area contributed by atoms with Gasteiger partial charge in [-0.05, 0) is 43.0 Å². The molecule has 2 aromatic heterocycles. The van der Waals surface area contributed by atoms with E-state index < -0.39 is 0 Å². The Balaban J connectivity index is 2.10. The summed E-state index contributed by atoms with van der Waals surface area (Å²) in [4.78, 5) is 7.13. The van der Waals surface area contributed by atoms with Crippen LogP contribution in [-0.2, 0) is 0 Å². The molecule has 1 saturated heterocycles. The zero-order chi connectivity index (χ0) is 15.3. The Bertz CT molecular complexity index is 916. The van der Waals surface area contributed by atoms with Gasteiger partial charge in [0.2, 0.25) is 0 Å². The number of aryl methyl sites for hydroxylation is 1. The van der Waals surface area contributed by atoms with Gasteiger partial charge in [0, 0.05) is 13.1 Å². The summed E-state index contributed by atoms with van der Waals surface area (Å²) in [7, 11) is 0. The highest BCUT2D eigenvalue weighted by molar-refractivity contribution is 5.85. The van der Waals surface area contributed by atoms with E-state index in [1.165, 1.54) is 6.42 Å². The molecule has 22 heavy (non-hydrogen) atoms. The van der Waals surface area contributed by atoms with Crippen LogP contribution in [0.2, 0.25) is 0 Å². The number of pyridine rings is 1. The topological polar surface area (TPSA) is 44.3 Å². The fourth-order valence-corrected chi connectivity index (χ4v) is 3.45. The van der Waals surface area contributed by atoms with Crippen LogP contribution in [0, 0.1) is 24.2 Å². The Morgan fingerprint density at radius 3 is 2.86 bits per heavy atom. The summed E-state index contributed by atoms with van der Waals surface area (Å²) in [6.07, 6.45) is 1.22. The van der Waals surface area contributed by atoms with Crippen LogP contribution in [-0.4, -0.2) is 22.5 Å². The van der Waals surface area contributed by atoms with Crippen molar-refractivity contribution in [3.63, 3.8) is 0 Å². The second-order valence-corrected chi connectivity index (χ2v) is 6.27. The highest BCUT2D eigenvalue weighted by atomic mass is 15.2. The van der Waals surface area contributed by atoms with Gasteiger partial charge in [-0.1, -0.05) is 19.1 Å². The lowest BCUT2D eigenvalue weighted by Gasteiger charge is -2.21. The Morgan fingerprint density at radius 2 is 2.14 bits per heavy atom. The number of imidazole rings is 1. The SMILES string of the molecule is Cc1cc(N2CC[C@@H](C)C2)n2c(nc3ccccc32)c1C#N. The van der Waals surface area contributed by atoms with Crippen molar-refractivity contribution in [3.05, 3.63) is 41.5 Å². The third-order valence-corrected chi connectivity index (χ3v) is 4.61. The molecule has 4 heteroatoms. The van der Waals surface area contributed by atoms with Gasteiger partial charge in [0.1, 0.15) is 11.9 Å². The number of hydrogen-bond donors (Lipinski definition) is 0. The van der Waals surface area contributed by atoms with Crippen molar-refractivity contribution < 1.29 is 0 Å². The van der Waals surface area contributed by atoms with Gasteiger partial charge < -0.3 is 4.90 Å². The van der Waals surface area contributed by atoms with Gasteiger partial charge in [-0.25, -0.2) is 4.98 Å². The zero-order valence-corrected chi connectivity index (χ0v) is 12.9. The molecule has 0 radical (unpaired) electrons. The van der Waals surface area contributed by atoms with E-state index in [0.717, 1.165) is 41.2 Å². The minimum Gasteiger partial charge on any atom is -0.357 e. The van der Waals surface area contributed by atoms with Gasteiger partial charge in [0.25, 0.3) is 0 Å². The van der Waals surface area contributed by atoms with E-state index in [4.69, 9.17) is 4.98 Å². The molecule has 1 aliphatic heterocycles. The molecule has 0 amide bonds. The minimum atomic E-state index is 0.673. The molecule has 110 valence electrons. The van der Waals surface area contributed by atoms with Crippen LogP contribution in [0.5, 0.6) is 0 Å². The summed E-state index contributed by atoms with van der Waals surface area (Å²) >= 11 is 0. The first-order valence-electron chi connectivity index (χ1n) is 7.75. The van der Waals surface area contributed by atoms with Crippen molar-refractivity contribution in [1.29, 1.82) is 5.26 Å². The standard InChI is InChI=1S/C18H18N4/c1-12-7-8-21(11-12)17-9-13(2)14(10-19)18-20-15-5-3-4-6-16(15)22(17)18/h3-6,9,12H,7-8,11H2,1-2H3/t12-/m1/s1. The normalized spacial score (nSPS) is 18.2. The highest BCUT2D eigenvalue weighted by Crippen LogP contribution is 2.31. The van der Waals surface area contributed by atoms with Gasteiger partial charge in [-0.3, -0.25) is 4.40 Å². The average Bonchev–Trinajstić information content (AvgIpc) is 3.10. The summed E-state index contributed by atoms with van der Waals surface area (Å²) in [5.41, 5.74) is 4.46. The van der Waals surface area contributed by atoms with Crippen molar-refractivity contribution in [3.8, 4) is 6.07 Å². The molecular formula is C18H18N4. The van der Waals surface area contributed by atoms with Crippen molar-refractivity contribution in [2.75, 3.05) is 18.0 Å². The molecule has 0 spiro atoms. The van der Waals surface area contributed by atoms with E-state index in [1.54, 1.807) is 0 Å². The third kappa shape index (κ3) is 1.79. The number of rotatable bonds is 1. The Morgan fingerprint density at radius 1 is 1.32 bits per heavy atom. The van der Waals surface area contributed by atoms with Crippen LogP contribution in [0.25, 0.3) is 16.7 Å². The number of aromatic nitrogens is 2. The second kappa shape index (κ2) is 4.74. The van der Waals surface area contributed by atoms with Crippen molar-refractivity contribution >= 4 is 22.5 Å². The number of fused-ring (bicyclic) bond motifs is 3. The van der Waals surface area contributed by atoms with Gasteiger partial charge >= 0.3 is 0 Å². The predicted molar refractivity (Wildman–Crippen MR) is 88.1 cm³/mol. The first-order valence-corrected chi connectivity index (χ1v) is 7.75. The molecule has 0 bridgehead atoms. The number of para-hydroxylation sites is 2. The summed E-state index contributed by atoms with van der Waals surface area (Å²) in [5, 5.41) is 9.52. The van der Waals surface area contributed by atoms with Crippen LogP contribution >= 0.6 is 0 Å². The van der Waals surface area contributed by atoms with Gasteiger partial charge in [0.15, 0.2) is 5.65 Å². The summed E-state index contributed by atoms with van der Waals surface area (Å²) in [6.45, 7) is 6.42. The molecule has 0 saturated carbocycles. The molecule has 4 rings (SSSR count). The van der Waals surface area contributed by atoms with Crippen molar-refractivity contribution in [2.24, 2.45) is 5.92 Å². The maximum atomic E-state index is 9.52. The molecule has 1 atom stereocenters. The van der Waals surface area contributed by atoms with Crippen LogP contribution in [0.15, 0.2) is 30.3 Å². The van der Waals surface area contributed by atoms with Crippen LogP contribution in [0.3, 0.4) is 0 Å². The van der Waals surface area contributed by atoms with E-state index in [0.29, 0.717) is 11.5 Å². The molecule has 1 fully saturated rings. The summed E-state index contributed by atoms with van der Waals surface area (Å²) < 4.78 is 2.15. The molecule has 0 aliphatic carbocycles. The van der Waals surface area contributed by atoms with E-state index >= 15 is 0 Å². The summed E-state index contributed by atoms with van der Waals surface area (Å²) in [6, 6.07) is 12.6. The molecular weight excluding hydrogens is 272 g/mol. The molecule has 0 unspecified atom stereocenters. The van der Waals surface area contributed by atoms with Crippen LogP contribution < -0.4 is 4.90 Å². The van der Waals surface area contributed by atoms with Gasteiger partial charge in [-0.15, -0.1) is 0 Å². The number of nitriles is 1. The lowest BCUT2D eigenvalue weighted by Crippen LogP contribution is -2.22. The first-order chi connectivity index (χ1) is 10.7. The number of nitrogens with zero attached hydrogens (tertiary/aromatic N) is 4. The molecule has 3 heterocycles. The predicted octanol–water partition coefficient (Wildman–Crippen LogP) is 3.51. The highest BCUT2D eigenvalue weighted by Gasteiger charge is 2.23. The third-order valence-electron chi connectivity index (χ3n) is 4.61. The second-order valence-electron chi connectivity index (χ2n) is 6.27. The summed E-state index contributed by atoms with van der Waals surface area (Å²) in [5.74, 6) is 1.87. The van der Waals surface area contributed by atoms with Crippen LogP contribution in [0.1, 0.15) is 24.5 Å². The Labute approximate surface area is 129 Å². The molecule has 4 nitrogen and oxygen atoms in total. The molecule has 1 aromatic carbocycles. The van der Waals surface area contributed by atoms with Gasteiger partial charge in [0.05, 0.1) is 16.6 Å². The number of hydrogen-bond acceptors (Lipinski definition) is 3. The lowest BCUT2D eigenvalue weighted by molar-refractivity contribution is 0.658. The Hall–Kier alpha value is -2.54. The maximum absolute atomic E-state index is 9.52. The molecule has 1 aliphatic rings. The zero-order valence-electron chi connectivity index (χ0n) is 12.9. The van der Waals surface area contributed by atoms with E-state index in [1.807, 2.05) is 25.1 Å². The quantitative estimate of drug-likeness (QED) is 0.689.